The highest BCUT2D eigenvalue weighted by Gasteiger charge is 2.45. The highest BCUT2D eigenvalue weighted by Crippen LogP contribution is 2.52. The SMILES string of the molecule is CC(C)(C)c1cccc(N2c3cc(C(C)(C)C)ccc3B3c4ccc(C(C)(C)C)cc4N(c4cccc(C(C)(C)C)c4)c4cc(N(c5cccc6c5oc5ccccc56)c5cccc6c5oc5ccccc56)cc2c43)c1. The van der Waals surface area contributed by atoms with Gasteiger partial charge in [0.2, 0.25) is 0 Å². The molecule has 0 bridgehead atoms. The molecule has 0 radical (unpaired) electrons. The topological polar surface area (TPSA) is 36.0 Å². The second-order valence-electron chi connectivity index (χ2n) is 25.5. The number of anilines is 9. The van der Waals surface area contributed by atoms with Crippen molar-refractivity contribution in [2.75, 3.05) is 14.7 Å². The Morgan fingerprint density at radius 2 is 0.737 bits per heavy atom. The van der Waals surface area contributed by atoms with E-state index < -0.39 is 0 Å². The molecule has 2 aliphatic rings. The summed E-state index contributed by atoms with van der Waals surface area (Å²) in [7, 11) is 0. The van der Waals surface area contributed by atoms with Gasteiger partial charge < -0.3 is 23.5 Å². The fraction of sp³-hybridized carbons (Fsp3) is 0.229. The highest BCUT2D eigenvalue weighted by atomic mass is 16.3. The van der Waals surface area contributed by atoms with Crippen LogP contribution in [0.4, 0.5) is 51.2 Å². The second kappa shape index (κ2) is 16.8. The molecule has 0 saturated heterocycles. The van der Waals surface area contributed by atoms with Crippen LogP contribution in [0.1, 0.15) is 105 Å². The third-order valence-electron chi connectivity index (χ3n) is 16.2. The van der Waals surface area contributed by atoms with Gasteiger partial charge in [-0.15, -0.1) is 0 Å². The molecule has 0 saturated carbocycles. The van der Waals surface area contributed by atoms with Gasteiger partial charge in [0.1, 0.15) is 11.2 Å². The van der Waals surface area contributed by atoms with Gasteiger partial charge in [-0.1, -0.05) is 192 Å². The van der Waals surface area contributed by atoms with Crippen LogP contribution in [0.3, 0.4) is 0 Å². The molecule has 5 nitrogen and oxygen atoms in total. The summed E-state index contributed by atoms with van der Waals surface area (Å²) >= 11 is 0. The Labute approximate surface area is 448 Å². The van der Waals surface area contributed by atoms with E-state index in [4.69, 9.17) is 8.83 Å². The molecular weight excluding hydrogens is 926 g/mol. The van der Waals surface area contributed by atoms with Gasteiger partial charge in [-0.05, 0) is 133 Å². The van der Waals surface area contributed by atoms with Crippen LogP contribution in [0, 0.1) is 0 Å². The summed E-state index contributed by atoms with van der Waals surface area (Å²) in [6.07, 6.45) is 0. The number of hydrogen-bond acceptors (Lipinski definition) is 5. The average Bonchev–Trinajstić information content (AvgIpc) is 4.12. The van der Waals surface area contributed by atoms with Crippen molar-refractivity contribution in [1.29, 1.82) is 0 Å². The van der Waals surface area contributed by atoms with E-state index in [1.807, 2.05) is 0 Å². The fourth-order valence-corrected chi connectivity index (χ4v) is 12.0. The van der Waals surface area contributed by atoms with Crippen molar-refractivity contribution in [3.05, 3.63) is 204 Å². The van der Waals surface area contributed by atoms with Gasteiger partial charge in [-0.25, -0.2) is 0 Å². The molecular formula is C70H66BN3O2. The van der Waals surface area contributed by atoms with Crippen LogP contribution in [-0.4, -0.2) is 6.71 Å². The summed E-state index contributed by atoms with van der Waals surface area (Å²) in [4.78, 5) is 7.58. The number of para-hydroxylation sites is 4. The summed E-state index contributed by atoms with van der Waals surface area (Å²) in [6.45, 7) is 27.8. The van der Waals surface area contributed by atoms with Crippen LogP contribution in [0.15, 0.2) is 191 Å². The lowest BCUT2D eigenvalue weighted by Crippen LogP contribution is -2.61. The molecule has 0 N–H and O–H groups in total. The average molecular weight is 992 g/mol. The zero-order valence-corrected chi connectivity index (χ0v) is 46.1. The summed E-state index contributed by atoms with van der Waals surface area (Å²) in [5.74, 6) is 0. The molecule has 11 aromatic rings. The van der Waals surface area contributed by atoms with E-state index in [-0.39, 0.29) is 28.4 Å². The van der Waals surface area contributed by atoms with E-state index in [1.165, 1.54) is 50.0 Å². The molecule has 376 valence electrons. The highest BCUT2D eigenvalue weighted by molar-refractivity contribution is 7.00. The summed E-state index contributed by atoms with van der Waals surface area (Å²) in [5, 5.41) is 4.28. The van der Waals surface area contributed by atoms with Crippen LogP contribution in [0.5, 0.6) is 0 Å². The molecule has 0 fully saturated rings. The zero-order valence-electron chi connectivity index (χ0n) is 46.1. The van der Waals surface area contributed by atoms with E-state index >= 15 is 0 Å². The van der Waals surface area contributed by atoms with Crippen molar-refractivity contribution in [2.24, 2.45) is 0 Å². The summed E-state index contributed by atoms with van der Waals surface area (Å²) in [6, 6.07) is 68.0. The normalized spacial score (nSPS) is 13.7. The van der Waals surface area contributed by atoms with Gasteiger partial charge in [-0.2, -0.15) is 0 Å². The number of furan rings is 2. The largest absolute Gasteiger partial charge is 0.454 e. The summed E-state index contributed by atoms with van der Waals surface area (Å²) in [5.41, 5.74) is 21.6. The molecule has 0 aliphatic carbocycles. The number of benzene rings is 9. The van der Waals surface area contributed by atoms with E-state index in [0.29, 0.717) is 0 Å². The van der Waals surface area contributed by atoms with Crippen LogP contribution in [-0.2, 0) is 21.7 Å². The number of rotatable bonds is 5. The monoisotopic (exact) mass is 992 g/mol. The first kappa shape index (κ1) is 47.7. The van der Waals surface area contributed by atoms with Crippen LogP contribution in [0.25, 0.3) is 43.9 Å². The number of hydrogen-bond donors (Lipinski definition) is 0. The Morgan fingerprint density at radius 1 is 0.355 bits per heavy atom. The lowest BCUT2D eigenvalue weighted by atomic mass is 9.33. The van der Waals surface area contributed by atoms with Gasteiger partial charge in [-0.3, -0.25) is 0 Å². The van der Waals surface area contributed by atoms with Crippen molar-refractivity contribution in [3.63, 3.8) is 0 Å². The van der Waals surface area contributed by atoms with E-state index in [0.717, 1.165) is 83.7 Å². The molecule has 0 atom stereocenters. The van der Waals surface area contributed by atoms with Gasteiger partial charge >= 0.3 is 0 Å². The van der Waals surface area contributed by atoms with Crippen molar-refractivity contribution in [1.82, 2.24) is 0 Å². The van der Waals surface area contributed by atoms with E-state index in [1.54, 1.807) is 0 Å². The molecule has 0 amide bonds. The maximum atomic E-state index is 7.04. The lowest BCUT2D eigenvalue weighted by Gasteiger charge is -2.46. The van der Waals surface area contributed by atoms with Gasteiger partial charge in [0.25, 0.3) is 6.71 Å². The first-order valence-electron chi connectivity index (χ1n) is 27.1. The van der Waals surface area contributed by atoms with Crippen molar-refractivity contribution >= 4 is 118 Å². The van der Waals surface area contributed by atoms with E-state index in [9.17, 15) is 0 Å². The Morgan fingerprint density at radius 3 is 1.16 bits per heavy atom. The minimum Gasteiger partial charge on any atom is -0.454 e. The van der Waals surface area contributed by atoms with Gasteiger partial charge in [0.05, 0.1) is 17.1 Å². The van der Waals surface area contributed by atoms with E-state index in [2.05, 4.69) is 280 Å². The lowest BCUT2D eigenvalue weighted by molar-refractivity contribution is 0.589. The van der Waals surface area contributed by atoms with Gasteiger partial charge in [0.15, 0.2) is 11.2 Å². The number of nitrogens with zero attached hydrogens (tertiary/aromatic N) is 3. The zero-order chi connectivity index (χ0) is 52.8. The molecule has 0 spiro atoms. The van der Waals surface area contributed by atoms with Crippen molar-refractivity contribution < 1.29 is 8.83 Å². The Kier molecular flexibility index (Phi) is 10.5. The molecule has 6 heteroatoms. The third kappa shape index (κ3) is 7.58. The smallest absolute Gasteiger partial charge is 0.252 e. The third-order valence-corrected chi connectivity index (χ3v) is 16.2. The Bertz CT molecular complexity index is 3890. The Balaban J connectivity index is 1.21. The molecule has 76 heavy (non-hydrogen) atoms. The standard InChI is InChI=1S/C70H66BN3O2/c1-67(2,3)43-21-17-23-47(37-43)72-58-39-45(69(7,8)9)33-35-54(58)71-55-36-34-46(70(10,11)12)40-59(55)73(48-24-18-22-44(38-48)68(4,5)6)61-42-49(41-60(72)64(61)71)74(56-29-19-27-52-50-25-13-15-31-62(50)75-65(52)56)57-30-20-28-53-51-26-14-16-32-63(51)76-66(53)57/h13-42H,1-12H3. The fourth-order valence-electron chi connectivity index (χ4n) is 12.0. The maximum Gasteiger partial charge on any atom is 0.252 e. The van der Waals surface area contributed by atoms with Gasteiger partial charge in [0, 0.05) is 55.7 Å². The first-order valence-corrected chi connectivity index (χ1v) is 27.1. The predicted octanol–water partition coefficient (Wildman–Crippen LogP) is 18.2. The van der Waals surface area contributed by atoms with Crippen molar-refractivity contribution in [3.8, 4) is 0 Å². The molecule has 9 aromatic carbocycles. The summed E-state index contributed by atoms with van der Waals surface area (Å²) < 4.78 is 14.1. The second-order valence-corrected chi connectivity index (χ2v) is 25.5. The molecule has 0 unspecified atom stereocenters. The predicted molar refractivity (Wildman–Crippen MR) is 325 cm³/mol. The minimum absolute atomic E-state index is 0.0813. The molecule has 2 aliphatic heterocycles. The minimum atomic E-state index is -0.102. The van der Waals surface area contributed by atoms with Crippen molar-refractivity contribution in [2.45, 2.75) is 105 Å². The molecule has 2 aromatic heterocycles. The van der Waals surface area contributed by atoms with Crippen LogP contribution >= 0.6 is 0 Å². The van der Waals surface area contributed by atoms with Crippen LogP contribution < -0.4 is 31.1 Å². The first-order chi connectivity index (χ1) is 36.2. The molecule has 13 rings (SSSR count). The number of fused-ring (bicyclic) bond motifs is 10. The quantitative estimate of drug-likeness (QED) is 0.161. The Hall–Kier alpha value is -7.96. The van der Waals surface area contributed by atoms with Crippen LogP contribution in [0.2, 0.25) is 0 Å². The maximum absolute atomic E-state index is 7.04. The molecule has 4 heterocycles.